The van der Waals surface area contributed by atoms with E-state index in [-0.39, 0.29) is 15.8 Å². The van der Waals surface area contributed by atoms with E-state index in [0.717, 1.165) is 16.8 Å². The van der Waals surface area contributed by atoms with Crippen LogP contribution in [0, 0.1) is 0 Å². The quantitative estimate of drug-likeness (QED) is 0.381. The first-order chi connectivity index (χ1) is 14.4. The number of thiocarbonyl (C=S) groups is 1. The van der Waals surface area contributed by atoms with Gasteiger partial charge in [0.2, 0.25) is 0 Å². The van der Waals surface area contributed by atoms with E-state index in [2.05, 4.69) is 5.10 Å². The number of carbonyl (C=O) groups is 2. The summed E-state index contributed by atoms with van der Waals surface area (Å²) in [4.78, 5) is 23.7. The molecule has 0 aromatic heterocycles. The number of methoxy groups -OCH3 is 1. The number of hydrogen-bond acceptors (Lipinski definition) is 8. The molecule has 154 valence electrons. The molecule has 1 fully saturated rings. The molecule has 8 nitrogen and oxygen atoms in total. The van der Waals surface area contributed by atoms with E-state index in [0.29, 0.717) is 21.8 Å². The molecule has 1 aliphatic rings. The van der Waals surface area contributed by atoms with Gasteiger partial charge in [-0.3, -0.25) is 4.79 Å². The number of amides is 1. The Labute approximate surface area is 181 Å². The Morgan fingerprint density at radius 3 is 2.73 bits per heavy atom. The van der Waals surface area contributed by atoms with Crippen LogP contribution in [0.15, 0.2) is 52.5 Å². The first-order valence-corrected chi connectivity index (χ1v) is 9.74. The normalized spacial score (nSPS) is 15.2. The van der Waals surface area contributed by atoms with Crippen molar-refractivity contribution in [1.29, 1.82) is 0 Å². The summed E-state index contributed by atoms with van der Waals surface area (Å²) in [6, 6.07) is 11.4. The first kappa shape index (κ1) is 21.3. The van der Waals surface area contributed by atoms with Gasteiger partial charge < -0.3 is 19.7 Å². The maximum Gasteiger partial charge on any atom is 0.341 e. The van der Waals surface area contributed by atoms with Crippen LogP contribution in [0.5, 0.6) is 17.2 Å². The van der Waals surface area contributed by atoms with E-state index in [1.807, 2.05) is 0 Å². The lowest BCUT2D eigenvalue weighted by Gasteiger charge is -2.10. The average Bonchev–Trinajstić information content (AvgIpc) is 2.99. The smallest absolute Gasteiger partial charge is 0.341 e. The molecule has 10 heteroatoms. The molecule has 0 bridgehead atoms. The summed E-state index contributed by atoms with van der Waals surface area (Å²) >= 11 is 6.33. The van der Waals surface area contributed by atoms with Crippen molar-refractivity contribution < 1.29 is 29.3 Å². The van der Waals surface area contributed by atoms with Gasteiger partial charge in [-0.05, 0) is 48.1 Å². The van der Waals surface area contributed by atoms with Crippen molar-refractivity contribution in [1.82, 2.24) is 5.01 Å². The van der Waals surface area contributed by atoms with Crippen LogP contribution >= 0.6 is 24.0 Å². The van der Waals surface area contributed by atoms with Crippen molar-refractivity contribution in [3.63, 3.8) is 0 Å². The number of hydrazone groups is 1. The number of thioether (sulfide) groups is 1. The molecule has 0 unspecified atom stereocenters. The molecule has 1 amide bonds. The molecule has 2 aromatic rings. The van der Waals surface area contributed by atoms with Gasteiger partial charge >= 0.3 is 5.97 Å². The van der Waals surface area contributed by atoms with Crippen molar-refractivity contribution in [2.24, 2.45) is 5.10 Å². The molecule has 0 aliphatic carbocycles. The lowest BCUT2D eigenvalue weighted by Crippen LogP contribution is -2.22. The number of phenolic OH excluding ortho intramolecular Hbond substituents is 1. The highest BCUT2D eigenvalue weighted by Gasteiger charge is 2.32. The number of rotatable bonds is 7. The predicted octanol–water partition coefficient (Wildman–Crippen LogP) is 3.10. The number of benzene rings is 2. The number of aliphatic carboxylic acids is 1. The molecular formula is C20H16N2O6S2. The number of nitrogens with zero attached hydrogens (tertiary/aromatic N) is 2. The number of ether oxygens (including phenoxy) is 2. The third-order valence-electron chi connectivity index (χ3n) is 3.86. The highest BCUT2D eigenvalue weighted by atomic mass is 32.2. The third kappa shape index (κ3) is 4.97. The maximum absolute atomic E-state index is 12.7. The zero-order valence-electron chi connectivity index (χ0n) is 15.6. The van der Waals surface area contributed by atoms with Gasteiger partial charge in [0.05, 0.1) is 18.2 Å². The number of hydrogen-bond donors (Lipinski definition) is 2. The Morgan fingerprint density at radius 1 is 1.27 bits per heavy atom. The summed E-state index contributed by atoms with van der Waals surface area (Å²) in [5.41, 5.74) is 1.09. The van der Waals surface area contributed by atoms with E-state index in [1.165, 1.54) is 19.4 Å². The van der Waals surface area contributed by atoms with Crippen molar-refractivity contribution in [2.75, 3.05) is 13.7 Å². The molecule has 0 spiro atoms. The number of aromatic hydroxyl groups is 1. The van der Waals surface area contributed by atoms with Gasteiger partial charge in [0.25, 0.3) is 5.91 Å². The molecule has 0 radical (unpaired) electrons. The number of carbonyl (C=O) groups excluding carboxylic acids is 1. The average molecular weight is 444 g/mol. The zero-order chi connectivity index (χ0) is 21.7. The van der Waals surface area contributed by atoms with Crippen LogP contribution in [0.4, 0.5) is 0 Å². The predicted molar refractivity (Wildman–Crippen MR) is 117 cm³/mol. The number of para-hydroxylation sites is 1. The van der Waals surface area contributed by atoms with Crippen molar-refractivity contribution in [3.05, 3.63) is 58.5 Å². The monoisotopic (exact) mass is 444 g/mol. The van der Waals surface area contributed by atoms with E-state index in [9.17, 15) is 14.7 Å². The standard InChI is InChI=1S/C20H16N2O6S2/c1-27-16-8-12(6-7-15(16)28-11-18(24)25)9-17-19(26)22(20(29)30-17)21-10-13-4-2-3-5-14(13)23/h2-10,23H,11H2,1H3,(H,24,25)/b17-9+,21-10-. The summed E-state index contributed by atoms with van der Waals surface area (Å²) in [6.45, 7) is -0.497. The number of phenols is 1. The van der Waals surface area contributed by atoms with E-state index in [4.69, 9.17) is 26.8 Å². The molecule has 2 aromatic carbocycles. The molecular weight excluding hydrogens is 428 g/mol. The van der Waals surface area contributed by atoms with Crippen molar-refractivity contribution >= 4 is 52.5 Å². The van der Waals surface area contributed by atoms with E-state index < -0.39 is 18.5 Å². The van der Waals surface area contributed by atoms with Crippen LogP contribution in [0.3, 0.4) is 0 Å². The molecule has 1 heterocycles. The van der Waals surface area contributed by atoms with Gasteiger partial charge in [-0.1, -0.05) is 30.0 Å². The summed E-state index contributed by atoms with van der Waals surface area (Å²) in [5, 5.41) is 23.7. The molecule has 30 heavy (non-hydrogen) atoms. The van der Waals surface area contributed by atoms with Crippen LogP contribution in [-0.4, -0.2) is 51.4 Å². The Balaban J connectivity index is 1.79. The lowest BCUT2D eigenvalue weighted by atomic mass is 10.2. The van der Waals surface area contributed by atoms with Gasteiger partial charge in [-0.2, -0.15) is 10.1 Å². The van der Waals surface area contributed by atoms with Crippen LogP contribution < -0.4 is 9.47 Å². The van der Waals surface area contributed by atoms with Crippen LogP contribution in [0.1, 0.15) is 11.1 Å². The first-order valence-electron chi connectivity index (χ1n) is 8.51. The largest absolute Gasteiger partial charge is 0.507 e. The van der Waals surface area contributed by atoms with Crippen molar-refractivity contribution in [3.8, 4) is 17.2 Å². The summed E-state index contributed by atoms with van der Waals surface area (Å²) < 4.78 is 10.7. The maximum atomic E-state index is 12.7. The lowest BCUT2D eigenvalue weighted by molar-refractivity contribution is -0.139. The molecule has 3 rings (SSSR count). The molecule has 0 atom stereocenters. The molecule has 1 aliphatic heterocycles. The molecule has 1 saturated heterocycles. The van der Waals surface area contributed by atoms with Crippen LogP contribution in [-0.2, 0) is 9.59 Å². The minimum Gasteiger partial charge on any atom is -0.507 e. The molecule has 2 N–H and O–H groups in total. The fourth-order valence-electron chi connectivity index (χ4n) is 2.46. The van der Waals surface area contributed by atoms with Gasteiger partial charge in [-0.15, -0.1) is 0 Å². The second-order valence-corrected chi connectivity index (χ2v) is 7.57. The van der Waals surface area contributed by atoms with Gasteiger partial charge in [0.1, 0.15) is 5.75 Å². The number of carboxylic acids is 1. The highest BCUT2D eigenvalue weighted by Crippen LogP contribution is 2.35. The molecule has 0 saturated carbocycles. The SMILES string of the molecule is COc1cc(/C=C2/SC(=S)N(/N=C\c3ccccc3O)C2=O)ccc1OCC(=O)O. The minimum absolute atomic E-state index is 0.0412. The third-order valence-corrected chi connectivity index (χ3v) is 5.14. The Morgan fingerprint density at radius 2 is 2.03 bits per heavy atom. The second kappa shape index (κ2) is 9.42. The fourth-order valence-corrected chi connectivity index (χ4v) is 3.63. The Kier molecular flexibility index (Phi) is 6.70. The van der Waals surface area contributed by atoms with E-state index >= 15 is 0 Å². The second-order valence-electron chi connectivity index (χ2n) is 5.89. The zero-order valence-corrected chi connectivity index (χ0v) is 17.3. The van der Waals surface area contributed by atoms with Gasteiger partial charge in [0, 0.05) is 5.56 Å². The summed E-state index contributed by atoms with van der Waals surface area (Å²) in [5.74, 6) is -0.856. The van der Waals surface area contributed by atoms with E-state index in [1.54, 1.807) is 42.5 Å². The fraction of sp³-hybridized carbons (Fsp3) is 0.100. The summed E-state index contributed by atoms with van der Waals surface area (Å²) in [7, 11) is 1.43. The Bertz CT molecular complexity index is 1070. The Hall–Kier alpha value is -3.37. The summed E-state index contributed by atoms with van der Waals surface area (Å²) in [6.07, 6.45) is 2.99. The van der Waals surface area contributed by atoms with Crippen molar-refractivity contribution in [2.45, 2.75) is 0 Å². The highest BCUT2D eigenvalue weighted by molar-refractivity contribution is 8.26. The van der Waals surface area contributed by atoms with Gasteiger partial charge in [-0.25, -0.2) is 4.79 Å². The van der Waals surface area contributed by atoms with Crippen LogP contribution in [0.2, 0.25) is 0 Å². The van der Waals surface area contributed by atoms with Crippen LogP contribution in [0.25, 0.3) is 6.08 Å². The minimum atomic E-state index is -1.10. The number of carboxylic acid groups (broad SMARTS) is 1. The topological polar surface area (TPSA) is 109 Å². The van der Waals surface area contributed by atoms with Gasteiger partial charge in [0.15, 0.2) is 22.4 Å².